The molecule has 0 saturated carbocycles. The zero-order valence-electron chi connectivity index (χ0n) is 16.4. The zero-order valence-corrected chi connectivity index (χ0v) is 16.4. The molecule has 0 aliphatic heterocycles. The summed E-state index contributed by atoms with van der Waals surface area (Å²) in [5.41, 5.74) is 6.53. The van der Waals surface area contributed by atoms with E-state index < -0.39 is 0 Å². The average molecular weight is 380 g/mol. The monoisotopic (exact) mass is 380 g/mol. The largest absolute Gasteiger partial charge is 0.508 e. The minimum Gasteiger partial charge on any atom is -0.508 e. The van der Waals surface area contributed by atoms with Crippen LogP contribution >= 0.6 is 0 Å². The van der Waals surface area contributed by atoms with Crippen molar-refractivity contribution in [3.63, 3.8) is 0 Å². The van der Waals surface area contributed by atoms with E-state index in [4.69, 9.17) is 0 Å². The van der Waals surface area contributed by atoms with Gasteiger partial charge in [0.15, 0.2) is 0 Å². The van der Waals surface area contributed by atoms with E-state index in [2.05, 4.69) is 49.4 Å². The lowest BCUT2D eigenvalue weighted by Crippen LogP contribution is -2.01. The fourth-order valence-corrected chi connectivity index (χ4v) is 3.84. The third-order valence-corrected chi connectivity index (χ3v) is 5.43. The van der Waals surface area contributed by atoms with Gasteiger partial charge in [-0.15, -0.1) is 0 Å². The molecule has 0 fully saturated rings. The minimum absolute atomic E-state index is 0.108. The smallest absolute Gasteiger partial charge is 0.119 e. The van der Waals surface area contributed by atoms with E-state index in [9.17, 15) is 10.2 Å². The van der Waals surface area contributed by atoms with Crippen molar-refractivity contribution in [3.8, 4) is 33.8 Å². The van der Waals surface area contributed by atoms with E-state index in [0.29, 0.717) is 5.75 Å². The molecule has 0 saturated heterocycles. The second kappa shape index (κ2) is 8.24. The Morgan fingerprint density at radius 2 is 1.17 bits per heavy atom. The molecule has 4 aromatic carbocycles. The highest BCUT2D eigenvalue weighted by atomic mass is 16.3. The van der Waals surface area contributed by atoms with Crippen LogP contribution in [-0.2, 0) is 0 Å². The maximum atomic E-state index is 10.6. The molecule has 0 bridgehead atoms. The van der Waals surface area contributed by atoms with Crippen LogP contribution < -0.4 is 0 Å². The van der Waals surface area contributed by atoms with Gasteiger partial charge in [-0.3, -0.25) is 0 Å². The molecular formula is C27H24O2. The van der Waals surface area contributed by atoms with Crippen LogP contribution in [0.2, 0.25) is 0 Å². The fourth-order valence-electron chi connectivity index (χ4n) is 3.84. The number of phenolic OH excluding ortho intramolecular Hbond substituents is 2. The van der Waals surface area contributed by atoms with Crippen LogP contribution in [-0.4, -0.2) is 10.2 Å². The van der Waals surface area contributed by atoms with Crippen LogP contribution in [0.15, 0.2) is 97.1 Å². The van der Waals surface area contributed by atoms with Crippen molar-refractivity contribution in [2.75, 3.05) is 0 Å². The van der Waals surface area contributed by atoms with E-state index >= 15 is 0 Å². The van der Waals surface area contributed by atoms with Gasteiger partial charge >= 0.3 is 0 Å². The van der Waals surface area contributed by atoms with Crippen molar-refractivity contribution in [1.82, 2.24) is 0 Å². The second-order valence-electron chi connectivity index (χ2n) is 7.27. The van der Waals surface area contributed by atoms with Crippen molar-refractivity contribution < 1.29 is 10.2 Å². The first-order valence-electron chi connectivity index (χ1n) is 9.93. The maximum absolute atomic E-state index is 10.6. The van der Waals surface area contributed by atoms with Crippen LogP contribution in [0.4, 0.5) is 0 Å². The molecule has 2 nitrogen and oxygen atoms in total. The Bertz CT molecular complexity index is 1080. The van der Waals surface area contributed by atoms with E-state index in [0.717, 1.165) is 23.1 Å². The van der Waals surface area contributed by atoms with Gasteiger partial charge in [-0.2, -0.15) is 0 Å². The first-order chi connectivity index (χ1) is 14.2. The average Bonchev–Trinajstić information content (AvgIpc) is 2.77. The molecule has 2 heteroatoms. The van der Waals surface area contributed by atoms with Gasteiger partial charge in [0.25, 0.3) is 0 Å². The third-order valence-electron chi connectivity index (χ3n) is 5.43. The Balaban J connectivity index is 1.68. The molecule has 1 unspecified atom stereocenters. The topological polar surface area (TPSA) is 40.5 Å². The molecule has 1 atom stereocenters. The summed E-state index contributed by atoms with van der Waals surface area (Å²) < 4.78 is 0. The number of rotatable bonds is 5. The van der Waals surface area contributed by atoms with Gasteiger partial charge < -0.3 is 10.2 Å². The number of benzene rings is 4. The molecule has 4 rings (SSSR count). The summed E-state index contributed by atoms with van der Waals surface area (Å²) >= 11 is 0. The van der Waals surface area contributed by atoms with Gasteiger partial charge in [0, 0.05) is 11.5 Å². The summed E-state index contributed by atoms with van der Waals surface area (Å²) in [6.45, 7) is 2.14. The molecule has 29 heavy (non-hydrogen) atoms. The highest BCUT2D eigenvalue weighted by Gasteiger charge is 2.17. The molecule has 0 heterocycles. The lowest BCUT2D eigenvalue weighted by atomic mass is 9.86. The maximum Gasteiger partial charge on any atom is 0.119 e. The molecule has 2 N–H and O–H groups in total. The van der Waals surface area contributed by atoms with Crippen molar-refractivity contribution in [2.45, 2.75) is 19.3 Å². The van der Waals surface area contributed by atoms with Crippen LogP contribution in [0.3, 0.4) is 0 Å². The van der Waals surface area contributed by atoms with Crippen molar-refractivity contribution in [2.24, 2.45) is 0 Å². The SMILES string of the molecule is CCC(c1ccc(-c2ccccc2)cc1)c1cc(-c2ccc(O)cc2)ccc1O. The molecule has 0 spiro atoms. The lowest BCUT2D eigenvalue weighted by Gasteiger charge is -2.19. The van der Waals surface area contributed by atoms with Crippen LogP contribution in [0.25, 0.3) is 22.3 Å². The molecule has 0 amide bonds. The first-order valence-corrected chi connectivity index (χ1v) is 9.93. The van der Waals surface area contributed by atoms with Crippen molar-refractivity contribution in [3.05, 3.63) is 108 Å². The Morgan fingerprint density at radius 3 is 1.83 bits per heavy atom. The second-order valence-corrected chi connectivity index (χ2v) is 7.27. The zero-order chi connectivity index (χ0) is 20.2. The molecule has 0 aromatic heterocycles. The van der Waals surface area contributed by atoms with Crippen molar-refractivity contribution in [1.29, 1.82) is 0 Å². The summed E-state index contributed by atoms with van der Waals surface area (Å²) in [6, 6.07) is 31.8. The quantitative estimate of drug-likeness (QED) is 0.392. The van der Waals surface area contributed by atoms with Gasteiger partial charge in [0.1, 0.15) is 11.5 Å². The number of aromatic hydroxyl groups is 2. The number of phenols is 2. The van der Waals surface area contributed by atoms with E-state index in [1.165, 1.54) is 16.7 Å². The molecular weight excluding hydrogens is 356 g/mol. The minimum atomic E-state index is 0.108. The first kappa shape index (κ1) is 18.8. The summed E-state index contributed by atoms with van der Waals surface area (Å²) in [4.78, 5) is 0. The normalized spacial score (nSPS) is 11.9. The highest BCUT2D eigenvalue weighted by Crippen LogP contribution is 2.37. The molecule has 0 aliphatic carbocycles. The van der Waals surface area contributed by atoms with Gasteiger partial charge in [0.05, 0.1) is 0 Å². The summed E-state index contributed by atoms with van der Waals surface area (Å²) in [6.07, 6.45) is 0.886. The van der Waals surface area contributed by atoms with Crippen molar-refractivity contribution >= 4 is 0 Å². The van der Waals surface area contributed by atoms with Gasteiger partial charge in [-0.25, -0.2) is 0 Å². The van der Waals surface area contributed by atoms with Gasteiger partial charge in [-0.05, 0) is 58.5 Å². The van der Waals surface area contributed by atoms with Gasteiger partial charge in [0.2, 0.25) is 0 Å². The van der Waals surface area contributed by atoms with Crippen LogP contribution in [0, 0.1) is 0 Å². The Hall–Kier alpha value is -3.52. The fraction of sp³-hybridized carbons (Fsp3) is 0.111. The molecule has 0 aliphatic rings. The summed E-state index contributed by atoms with van der Waals surface area (Å²) in [5.74, 6) is 0.668. The van der Waals surface area contributed by atoms with E-state index in [1.54, 1.807) is 18.2 Å². The predicted octanol–water partition coefficient (Wildman–Crippen LogP) is 6.97. The van der Waals surface area contributed by atoms with E-state index in [1.807, 2.05) is 36.4 Å². The Morgan fingerprint density at radius 1 is 0.621 bits per heavy atom. The molecule has 4 aromatic rings. The van der Waals surface area contributed by atoms with Gasteiger partial charge in [-0.1, -0.05) is 79.7 Å². The Labute approximate surface area is 171 Å². The lowest BCUT2D eigenvalue weighted by molar-refractivity contribution is 0.464. The summed E-state index contributed by atoms with van der Waals surface area (Å²) in [5, 5.41) is 20.1. The van der Waals surface area contributed by atoms with E-state index in [-0.39, 0.29) is 11.7 Å². The standard InChI is InChI=1S/C27H24O2/c1-2-25(22-10-8-20(9-11-22)19-6-4-3-5-7-19)26-18-23(14-17-27(26)29)21-12-15-24(28)16-13-21/h3-18,25,28-29H,2H2,1H3. The highest BCUT2D eigenvalue weighted by molar-refractivity contribution is 5.67. The Kier molecular flexibility index (Phi) is 5.35. The van der Waals surface area contributed by atoms with Crippen LogP contribution in [0.1, 0.15) is 30.4 Å². The number of hydrogen-bond acceptors (Lipinski definition) is 2. The number of hydrogen-bond donors (Lipinski definition) is 2. The predicted molar refractivity (Wildman–Crippen MR) is 119 cm³/mol. The summed E-state index contributed by atoms with van der Waals surface area (Å²) in [7, 11) is 0. The molecule has 0 radical (unpaired) electrons. The van der Waals surface area contributed by atoms with Crippen LogP contribution in [0.5, 0.6) is 11.5 Å². The third kappa shape index (κ3) is 4.02. The molecule has 144 valence electrons.